The number of hydrogen-bond acceptors (Lipinski definition) is 0. The first-order valence-corrected chi connectivity index (χ1v) is 5.76. The van der Waals surface area contributed by atoms with Gasteiger partial charge in [-0.15, -0.1) is 0 Å². The third-order valence-corrected chi connectivity index (χ3v) is 4.85. The van der Waals surface area contributed by atoms with Gasteiger partial charge in [0.2, 0.25) is 0 Å². The minimum absolute atomic E-state index is 0.380. The van der Waals surface area contributed by atoms with Crippen LogP contribution >= 0.6 is 0 Å². The summed E-state index contributed by atoms with van der Waals surface area (Å²) in [7, 11) is 4.77. The lowest BCUT2D eigenvalue weighted by atomic mass is 9.65. The van der Waals surface area contributed by atoms with E-state index in [0.29, 0.717) is 16.5 Å². The average Bonchev–Trinajstić information content (AvgIpc) is 1.77. The van der Waals surface area contributed by atoms with Crippen LogP contribution in [0.3, 0.4) is 0 Å². The fourth-order valence-electron chi connectivity index (χ4n) is 3.62. The van der Waals surface area contributed by atoms with E-state index in [4.69, 9.17) is 0 Å². The quantitative estimate of drug-likeness (QED) is 0.523. The number of quaternary nitrogens is 1. The number of nitrogens with zero attached hydrogens (tertiary/aromatic N) is 1. The molecule has 14 heavy (non-hydrogen) atoms. The Kier molecular flexibility index (Phi) is 2.36. The standard InChI is InChI=1S/C13H28N/c1-11(2)9-12(3,4)14(7,8)13(5,6)10-11/h9-10H2,1-8H3/q+1. The van der Waals surface area contributed by atoms with Crippen molar-refractivity contribution in [1.82, 2.24) is 0 Å². The summed E-state index contributed by atoms with van der Waals surface area (Å²) in [4.78, 5) is 0. The summed E-state index contributed by atoms with van der Waals surface area (Å²) in [6.07, 6.45) is 2.63. The summed E-state index contributed by atoms with van der Waals surface area (Å²) in [6, 6.07) is 0. The van der Waals surface area contributed by atoms with E-state index >= 15 is 0 Å². The topological polar surface area (TPSA) is 0 Å². The van der Waals surface area contributed by atoms with Gasteiger partial charge in [-0.2, -0.15) is 0 Å². The average molecular weight is 198 g/mol. The van der Waals surface area contributed by atoms with Crippen LogP contribution in [0.2, 0.25) is 0 Å². The van der Waals surface area contributed by atoms with Gasteiger partial charge in [0, 0.05) is 12.8 Å². The Morgan fingerprint density at radius 2 is 1.00 bits per heavy atom. The molecule has 1 heterocycles. The highest BCUT2D eigenvalue weighted by atomic mass is 15.4. The molecule has 0 atom stereocenters. The fourth-order valence-corrected chi connectivity index (χ4v) is 3.62. The van der Waals surface area contributed by atoms with Crippen molar-refractivity contribution in [3.8, 4) is 0 Å². The van der Waals surface area contributed by atoms with E-state index in [9.17, 15) is 0 Å². The lowest BCUT2D eigenvalue weighted by molar-refractivity contribution is -0.989. The summed E-state index contributed by atoms with van der Waals surface area (Å²) in [5.41, 5.74) is 1.25. The van der Waals surface area contributed by atoms with Gasteiger partial charge in [-0.3, -0.25) is 0 Å². The molecule has 1 saturated heterocycles. The van der Waals surface area contributed by atoms with Crippen LogP contribution in [0.15, 0.2) is 0 Å². The zero-order chi connectivity index (χ0) is 11.4. The molecule has 1 rings (SSSR count). The van der Waals surface area contributed by atoms with Crippen molar-refractivity contribution in [2.45, 2.75) is 65.5 Å². The predicted molar refractivity (Wildman–Crippen MR) is 63.3 cm³/mol. The number of hydrogen-bond donors (Lipinski definition) is 0. The largest absolute Gasteiger partial charge is 0.320 e. The molecule has 1 nitrogen and oxygen atoms in total. The normalized spacial score (nSPS) is 32.6. The van der Waals surface area contributed by atoms with Gasteiger partial charge >= 0.3 is 0 Å². The van der Waals surface area contributed by atoms with Crippen LogP contribution in [0.25, 0.3) is 0 Å². The molecule has 0 aromatic heterocycles. The third-order valence-electron chi connectivity index (χ3n) is 4.85. The molecule has 0 saturated carbocycles. The van der Waals surface area contributed by atoms with Gasteiger partial charge in [0.25, 0.3) is 0 Å². The Morgan fingerprint density at radius 3 is 1.29 bits per heavy atom. The molecule has 1 aliphatic rings. The monoisotopic (exact) mass is 198 g/mol. The second kappa shape index (κ2) is 2.75. The summed E-state index contributed by atoms with van der Waals surface area (Å²) < 4.78 is 1.13. The van der Waals surface area contributed by atoms with Crippen LogP contribution in [0, 0.1) is 5.41 Å². The lowest BCUT2D eigenvalue weighted by Crippen LogP contribution is -2.71. The molecular formula is C13H28N+. The van der Waals surface area contributed by atoms with E-state index in [1.165, 1.54) is 12.8 Å². The van der Waals surface area contributed by atoms with Crippen molar-refractivity contribution < 1.29 is 4.48 Å². The maximum atomic E-state index is 2.41. The number of rotatable bonds is 0. The van der Waals surface area contributed by atoms with Crippen molar-refractivity contribution in [2.75, 3.05) is 14.1 Å². The van der Waals surface area contributed by atoms with Crippen LogP contribution in [0.4, 0.5) is 0 Å². The van der Waals surface area contributed by atoms with Crippen molar-refractivity contribution in [3.63, 3.8) is 0 Å². The van der Waals surface area contributed by atoms with Gasteiger partial charge in [-0.1, -0.05) is 13.8 Å². The molecule has 84 valence electrons. The predicted octanol–water partition coefficient (Wildman–Crippen LogP) is 3.44. The first-order chi connectivity index (χ1) is 5.91. The molecule has 0 aliphatic carbocycles. The van der Waals surface area contributed by atoms with Crippen LogP contribution < -0.4 is 0 Å². The molecule has 1 aliphatic heterocycles. The maximum Gasteiger partial charge on any atom is 0.0940 e. The highest BCUT2D eigenvalue weighted by Crippen LogP contribution is 2.50. The first-order valence-electron chi connectivity index (χ1n) is 5.76. The van der Waals surface area contributed by atoms with Gasteiger partial charge in [0.15, 0.2) is 0 Å². The Hall–Kier alpha value is -0.0400. The molecule has 0 aromatic rings. The molecule has 0 amide bonds. The van der Waals surface area contributed by atoms with Crippen molar-refractivity contribution in [1.29, 1.82) is 0 Å². The molecule has 0 bridgehead atoms. The van der Waals surface area contributed by atoms with Crippen LogP contribution in [-0.4, -0.2) is 29.7 Å². The van der Waals surface area contributed by atoms with Gasteiger partial charge < -0.3 is 4.48 Å². The van der Waals surface area contributed by atoms with E-state index in [2.05, 4.69) is 55.6 Å². The van der Waals surface area contributed by atoms with Crippen LogP contribution in [-0.2, 0) is 0 Å². The third kappa shape index (κ3) is 1.60. The minimum atomic E-state index is 0.380. The lowest BCUT2D eigenvalue weighted by Gasteiger charge is -2.62. The summed E-state index contributed by atoms with van der Waals surface area (Å²) in [5.74, 6) is 0. The maximum absolute atomic E-state index is 2.41. The molecule has 0 spiro atoms. The van der Waals surface area contributed by atoms with Crippen LogP contribution in [0.5, 0.6) is 0 Å². The minimum Gasteiger partial charge on any atom is -0.320 e. The van der Waals surface area contributed by atoms with E-state index in [0.717, 1.165) is 4.48 Å². The Bertz CT molecular complexity index is 212. The van der Waals surface area contributed by atoms with Crippen molar-refractivity contribution >= 4 is 0 Å². The molecule has 1 fully saturated rings. The highest BCUT2D eigenvalue weighted by Gasteiger charge is 2.55. The molecule has 1 heteroatoms. The van der Waals surface area contributed by atoms with E-state index in [1.807, 2.05) is 0 Å². The Morgan fingerprint density at radius 1 is 0.714 bits per heavy atom. The Labute approximate surface area is 90.1 Å². The summed E-state index contributed by atoms with van der Waals surface area (Å²) in [6.45, 7) is 14.5. The number of likely N-dealkylation sites (tertiary alicyclic amines) is 1. The van der Waals surface area contributed by atoms with Crippen LogP contribution in [0.1, 0.15) is 54.4 Å². The molecule has 0 N–H and O–H groups in total. The smallest absolute Gasteiger partial charge is 0.0940 e. The molecular weight excluding hydrogens is 170 g/mol. The van der Waals surface area contributed by atoms with Gasteiger partial charge in [-0.05, 0) is 33.1 Å². The van der Waals surface area contributed by atoms with E-state index in [1.54, 1.807) is 0 Å². The van der Waals surface area contributed by atoms with Gasteiger partial charge in [0.05, 0.1) is 25.2 Å². The zero-order valence-corrected chi connectivity index (χ0v) is 11.4. The SMILES string of the molecule is CC1(C)CC(C)(C)[N+](C)(C)C(C)(C)C1. The van der Waals surface area contributed by atoms with Gasteiger partial charge in [0.1, 0.15) is 0 Å². The molecule has 0 radical (unpaired) electrons. The molecule has 0 unspecified atom stereocenters. The zero-order valence-electron chi connectivity index (χ0n) is 11.4. The highest BCUT2D eigenvalue weighted by molar-refractivity contribution is 4.93. The van der Waals surface area contributed by atoms with Crippen molar-refractivity contribution in [2.24, 2.45) is 5.41 Å². The second-order valence-corrected chi connectivity index (χ2v) is 7.60. The fraction of sp³-hybridized carbons (Fsp3) is 1.00. The van der Waals surface area contributed by atoms with E-state index in [-0.39, 0.29) is 0 Å². The van der Waals surface area contributed by atoms with Gasteiger partial charge in [-0.25, -0.2) is 0 Å². The van der Waals surface area contributed by atoms with E-state index < -0.39 is 0 Å². The Balaban J connectivity index is 3.13. The summed E-state index contributed by atoms with van der Waals surface area (Å²) >= 11 is 0. The molecule has 0 aromatic carbocycles. The second-order valence-electron chi connectivity index (χ2n) is 7.60. The summed E-state index contributed by atoms with van der Waals surface area (Å²) in [5, 5.41) is 0. The number of piperidine rings is 1. The van der Waals surface area contributed by atoms with Crippen molar-refractivity contribution in [3.05, 3.63) is 0 Å². The first kappa shape index (κ1) is 12.0.